The Balaban J connectivity index is 2.10. The van der Waals surface area contributed by atoms with Crippen molar-refractivity contribution < 1.29 is 9.90 Å². The second-order valence-electron chi connectivity index (χ2n) is 4.77. The van der Waals surface area contributed by atoms with E-state index >= 15 is 0 Å². The molecule has 6 heteroatoms. The lowest BCUT2D eigenvalue weighted by Crippen LogP contribution is -2.40. The number of amides is 1. The van der Waals surface area contributed by atoms with Crippen molar-refractivity contribution in [2.24, 2.45) is 7.05 Å². The zero-order valence-corrected chi connectivity index (χ0v) is 12.1. The average molecular weight is 292 g/mol. The third kappa shape index (κ3) is 2.97. The summed E-state index contributed by atoms with van der Waals surface area (Å²) >= 11 is 1.42. The molecule has 2 N–H and O–H groups in total. The van der Waals surface area contributed by atoms with Gasteiger partial charge in [0.1, 0.15) is 11.2 Å². The Bertz CT molecular complexity index is 659. The topological polar surface area (TPSA) is 71.3 Å². The number of hydrogen-bond acceptors (Lipinski definition) is 4. The van der Waals surface area contributed by atoms with Gasteiger partial charge in [-0.2, -0.15) is 0 Å². The number of thiophene rings is 1. The number of nitrogens with one attached hydrogen (secondary N) is 1. The summed E-state index contributed by atoms with van der Waals surface area (Å²) in [6.07, 6.45) is 1.58. The summed E-state index contributed by atoms with van der Waals surface area (Å²) in [4.78, 5) is 24.6. The third-order valence-corrected chi connectivity index (χ3v) is 4.14. The fraction of sp³-hybridized carbons (Fsp3) is 0.286. The first-order valence-corrected chi connectivity index (χ1v) is 7.00. The van der Waals surface area contributed by atoms with Crippen LogP contribution < -0.4 is 10.9 Å². The summed E-state index contributed by atoms with van der Waals surface area (Å²) in [5.74, 6) is -0.483. The summed E-state index contributed by atoms with van der Waals surface area (Å²) in [6, 6.07) is 6.74. The maximum Gasteiger partial charge on any atom is 0.263 e. The van der Waals surface area contributed by atoms with Crippen LogP contribution in [-0.4, -0.2) is 22.1 Å². The fourth-order valence-electron chi connectivity index (χ4n) is 1.79. The van der Waals surface area contributed by atoms with Crippen molar-refractivity contribution in [3.63, 3.8) is 0 Å². The fourth-order valence-corrected chi connectivity index (χ4v) is 2.58. The quantitative estimate of drug-likeness (QED) is 0.886. The normalized spacial score (nSPS) is 13.8. The second kappa shape index (κ2) is 5.60. The van der Waals surface area contributed by atoms with Crippen LogP contribution in [-0.2, 0) is 12.6 Å². The number of aryl methyl sites for hydroxylation is 1. The number of aromatic nitrogens is 1. The van der Waals surface area contributed by atoms with Crippen LogP contribution in [0.15, 0.2) is 40.6 Å². The van der Waals surface area contributed by atoms with E-state index in [1.807, 2.05) is 11.4 Å². The first kappa shape index (κ1) is 14.5. The molecule has 106 valence electrons. The highest BCUT2D eigenvalue weighted by molar-refractivity contribution is 7.10. The highest BCUT2D eigenvalue weighted by Crippen LogP contribution is 2.24. The molecule has 0 saturated carbocycles. The van der Waals surface area contributed by atoms with Gasteiger partial charge in [0, 0.05) is 18.1 Å². The third-order valence-electron chi connectivity index (χ3n) is 3.01. The molecule has 1 atom stereocenters. The number of rotatable bonds is 4. The Morgan fingerprint density at radius 2 is 2.20 bits per heavy atom. The van der Waals surface area contributed by atoms with E-state index in [1.165, 1.54) is 22.0 Å². The van der Waals surface area contributed by atoms with Crippen LogP contribution in [0.3, 0.4) is 0 Å². The molecule has 2 heterocycles. The molecule has 0 saturated heterocycles. The Morgan fingerprint density at radius 1 is 1.45 bits per heavy atom. The molecule has 0 radical (unpaired) electrons. The zero-order valence-electron chi connectivity index (χ0n) is 11.3. The first-order chi connectivity index (χ1) is 9.42. The molecule has 0 bridgehead atoms. The molecule has 0 aliphatic rings. The molecule has 0 aliphatic heterocycles. The molecule has 1 amide bonds. The van der Waals surface area contributed by atoms with Crippen LogP contribution in [0.4, 0.5) is 0 Å². The molecule has 0 fully saturated rings. The van der Waals surface area contributed by atoms with E-state index in [4.69, 9.17) is 0 Å². The van der Waals surface area contributed by atoms with Crippen LogP contribution in [0, 0.1) is 0 Å². The van der Waals surface area contributed by atoms with E-state index in [2.05, 4.69) is 5.32 Å². The second-order valence-corrected chi connectivity index (χ2v) is 5.72. The molecular weight excluding hydrogens is 276 g/mol. The monoisotopic (exact) mass is 292 g/mol. The van der Waals surface area contributed by atoms with Crippen LogP contribution in [0.25, 0.3) is 0 Å². The number of pyridine rings is 1. The Labute approximate surface area is 120 Å². The van der Waals surface area contributed by atoms with Crippen molar-refractivity contribution in [1.82, 2.24) is 9.88 Å². The number of carbonyl (C=O) groups is 1. The minimum Gasteiger partial charge on any atom is -0.383 e. The van der Waals surface area contributed by atoms with Gasteiger partial charge in [-0.1, -0.05) is 6.07 Å². The van der Waals surface area contributed by atoms with Crippen molar-refractivity contribution in [2.75, 3.05) is 6.54 Å². The summed E-state index contributed by atoms with van der Waals surface area (Å²) in [5.41, 5.74) is -1.44. The molecule has 20 heavy (non-hydrogen) atoms. The van der Waals surface area contributed by atoms with Crippen molar-refractivity contribution in [3.8, 4) is 0 Å². The molecule has 2 rings (SSSR count). The van der Waals surface area contributed by atoms with Gasteiger partial charge in [-0.3, -0.25) is 9.59 Å². The molecule has 5 nitrogen and oxygen atoms in total. The van der Waals surface area contributed by atoms with Gasteiger partial charge in [-0.25, -0.2) is 0 Å². The van der Waals surface area contributed by atoms with E-state index in [1.54, 1.807) is 32.3 Å². The molecule has 0 spiro atoms. The van der Waals surface area contributed by atoms with Gasteiger partial charge < -0.3 is 15.0 Å². The lowest BCUT2D eigenvalue weighted by atomic mass is 10.1. The molecule has 2 aromatic heterocycles. The standard InChI is InChI=1S/C14H16N2O3S/c1-14(19,11-6-4-8-20-11)9-15-12(17)10-5-3-7-16(2)13(10)18/h3-8,19H,9H2,1-2H3,(H,15,17). The highest BCUT2D eigenvalue weighted by atomic mass is 32.1. The lowest BCUT2D eigenvalue weighted by molar-refractivity contribution is 0.0556. The van der Waals surface area contributed by atoms with Crippen LogP contribution >= 0.6 is 11.3 Å². The Hall–Kier alpha value is -1.92. The molecule has 1 unspecified atom stereocenters. The van der Waals surface area contributed by atoms with E-state index in [0.717, 1.165) is 4.88 Å². The predicted molar refractivity (Wildman–Crippen MR) is 77.9 cm³/mol. The van der Waals surface area contributed by atoms with Gasteiger partial charge in [0.05, 0.1) is 6.54 Å². The number of aliphatic hydroxyl groups is 1. The Morgan fingerprint density at radius 3 is 2.85 bits per heavy atom. The van der Waals surface area contributed by atoms with Gasteiger partial charge in [0.2, 0.25) is 0 Å². The lowest BCUT2D eigenvalue weighted by Gasteiger charge is -2.22. The molecule has 2 aromatic rings. The maximum atomic E-state index is 12.0. The highest BCUT2D eigenvalue weighted by Gasteiger charge is 2.25. The van der Waals surface area contributed by atoms with Gasteiger partial charge in [-0.15, -0.1) is 11.3 Å². The number of nitrogens with zero attached hydrogens (tertiary/aromatic N) is 1. The van der Waals surface area contributed by atoms with E-state index in [9.17, 15) is 14.7 Å². The predicted octanol–water partition coefficient (Wildman–Crippen LogP) is 1.08. The summed E-state index contributed by atoms with van der Waals surface area (Å²) in [5, 5.41) is 14.8. The summed E-state index contributed by atoms with van der Waals surface area (Å²) in [6.45, 7) is 1.67. The van der Waals surface area contributed by atoms with Crippen molar-refractivity contribution in [2.45, 2.75) is 12.5 Å². The van der Waals surface area contributed by atoms with Crippen molar-refractivity contribution >= 4 is 17.2 Å². The van der Waals surface area contributed by atoms with Gasteiger partial charge >= 0.3 is 0 Å². The Kier molecular flexibility index (Phi) is 4.06. The summed E-state index contributed by atoms with van der Waals surface area (Å²) in [7, 11) is 1.58. The van der Waals surface area contributed by atoms with Crippen LogP contribution in [0.2, 0.25) is 0 Å². The van der Waals surface area contributed by atoms with Gasteiger partial charge in [-0.05, 0) is 30.5 Å². The SMILES string of the molecule is Cn1cccc(C(=O)NCC(C)(O)c2cccs2)c1=O. The largest absolute Gasteiger partial charge is 0.383 e. The van der Waals surface area contributed by atoms with E-state index < -0.39 is 11.5 Å². The van der Waals surface area contributed by atoms with Crippen molar-refractivity contribution in [3.05, 3.63) is 56.6 Å². The molecular formula is C14H16N2O3S. The maximum absolute atomic E-state index is 12.0. The number of carbonyl (C=O) groups excluding carboxylic acids is 1. The molecule has 0 aromatic carbocycles. The minimum atomic E-state index is -1.15. The minimum absolute atomic E-state index is 0.0460. The van der Waals surface area contributed by atoms with Gasteiger partial charge in [0.15, 0.2) is 0 Å². The summed E-state index contributed by atoms with van der Waals surface area (Å²) < 4.78 is 1.34. The van der Waals surface area contributed by atoms with E-state index in [0.29, 0.717) is 0 Å². The van der Waals surface area contributed by atoms with Crippen LogP contribution in [0.1, 0.15) is 22.2 Å². The number of hydrogen-bond donors (Lipinski definition) is 2. The zero-order chi connectivity index (χ0) is 14.8. The van der Waals surface area contributed by atoms with E-state index in [-0.39, 0.29) is 17.7 Å². The smallest absolute Gasteiger partial charge is 0.263 e. The average Bonchev–Trinajstić information content (AvgIpc) is 2.94. The first-order valence-electron chi connectivity index (χ1n) is 6.12. The van der Waals surface area contributed by atoms with Crippen LogP contribution in [0.5, 0.6) is 0 Å². The van der Waals surface area contributed by atoms with Gasteiger partial charge in [0.25, 0.3) is 11.5 Å². The molecule has 0 aliphatic carbocycles. The van der Waals surface area contributed by atoms with Crippen molar-refractivity contribution in [1.29, 1.82) is 0 Å².